The van der Waals surface area contributed by atoms with Crippen LogP contribution < -0.4 is 5.32 Å². The van der Waals surface area contributed by atoms with Gasteiger partial charge in [-0.15, -0.1) is 0 Å². The average Bonchev–Trinajstić information content (AvgIpc) is 2.26. The van der Waals surface area contributed by atoms with Crippen molar-refractivity contribution in [3.8, 4) is 0 Å². The number of hydrogen-bond donors (Lipinski definition) is 1. The first-order chi connectivity index (χ1) is 8.25. The van der Waals surface area contributed by atoms with E-state index in [1.165, 1.54) is 6.92 Å². The van der Waals surface area contributed by atoms with Gasteiger partial charge in [-0.2, -0.15) is 13.2 Å². The Balaban J connectivity index is 4.53. The molecular weight excluding hydrogens is 247 g/mol. The predicted molar refractivity (Wildman–Crippen MR) is 63.2 cm³/mol. The third-order valence-corrected chi connectivity index (χ3v) is 2.69. The maximum absolute atomic E-state index is 12.2. The number of alkyl halides is 3. The van der Waals surface area contributed by atoms with Crippen molar-refractivity contribution < 1.29 is 22.7 Å². The Labute approximate surface area is 106 Å². The lowest BCUT2D eigenvalue weighted by Crippen LogP contribution is -2.53. The number of carbonyl (C=O) groups is 1. The molecule has 0 amide bonds. The van der Waals surface area contributed by atoms with E-state index in [4.69, 9.17) is 4.74 Å². The minimum atomic E-state index is -4.33. The Morgan fingerprint density at radius 2 is 1.83 bits per heavy atom. The first-order valence-corrected chi connectivity index (χ1v) is 6.24. The van der Waals surface area contributed by atoms with E-state index in [1.807, 2.05) is 6.92 Å². The summed E-state index contributed by atoms with van der Waals surface area (Å²) in [5.41, 5.74) is -1.26. The molecule has 0 spiro atoms. The zero-order chi connectivity index (χ0) is 14.2. The summed E-state index contributed by atoms with van der Waals surface area (Å²) in [4.78, 5) is 11.7. The monoisotopic (exact) mass is 269 g/mol. The molecule has 0 rings (SSSR count). The number of esters is 1. The maximum Gasteiger partial charge on any atom is 0.401 e. The molecule has 0 fully saturated rings. The normalized spacial score (nSPS) is 15.2. The highest BCUT2D eigenvalue weighted by atomic mass is 19.4. The summed E-state index contributed by atoms with van der Waals surface area (Å²) in [6.45, 7) is 4.07. The van der Waals surface area contributed by atoms with Crippen LogP contribution in [0, 0.1) is 0 Å². The molecule has 0 radical (unpaired) electrons. The third kappa shape index (κ3) is 6.83. The minimum absolute atomic E-state index is 0.163. The number of unbranched alkanes of at least 4 members (excludes halogenated alkanes) is 2. The molecule has 0 bridgehead atoms. The van der Waals surface area contributed by atoms with Crippen molar-refractivity contribution in [3.05, 3.63) is 0 Å². The first-order valence-electron chi connectivity index (χ1n) is 6.24. The summed E-state index contributed by atoms with van der Waals surface area (Å²) in [5, 5.41) is 2.28. The van der Waals surface area contributed by atoms with E-state index in [-0.39, 0.29) is 6.61 Å². The van der Waals surface area contributed by atoms with Gasteiger partial charge in [0.25, 0.3) is 0 Å². The number of rotatable bonds is 8. The fraction of sp³-hybridized carbons (Fsp3) is 0.917. The first kappa shape index (κ1) is 17.2. The van der Waals surface area contributed by atoms with Crippen LogP contribution in [-0.4, -0.2) is 30.8 Å². The fourth-order valence-corrected chi connectivity index (χ4v) is 1.58. The van der Waals surface area contributed by atoms with Crippen LogP contribution in [0.1, 0.15) is 46.5 Å². The zero-order valence-electron chi connectivity index (χ0n) is 11.2. The Hall–Kier alpha value is -0.780. The van der Waals surface area contributed by atoms with Gasteiger partial charge in [-0.05, 0) is 20.3 Å². The van der Waals surface area contributed by atoms with Crippen LogP contribution in [0.3, 0.4) is 0 Å². The van der Waals surface area contributed by atoms with Crippen molar-refractivity contribution in [2.75, 3.05) is 13.2 Å². The number of carbonyl (C=O) groups excluding carboxylic acids is 1. The van der Waals surface area contributed by atoms with Gasteiger partial charge in [0.15, 0.2) is 0 Å². The van der Waals surface area contributed by atoms with Crippen LogP contribution in [-0.2, 0) is 9.53 Å². The lowest BCUT2D eigenvalue weighted by Gasteiger charge is -2.29. The highest BCUT2D eigenvalue weighted by molar-refractivity contribution is 5.80. The minimum Gasteiger partial charge on any atom is -0.465 e. The second kappa shape index (κ2) is 7.61. The molecule has 0 saturated carbocycles. The van der Waals surface area contributed by atoms with Crippen molar-refractivity contribution in [2.24, 2.45) is 0 Å². The van der Waals surface area contributed by atoms with Crippen LogP contribution in [0.2, 0.25) is 0 Å². The highest BCUT2D eigenvalue weighted by Gasteiger charge is 2.38. The molecular formula is C12H22F3NO2. The molecule has 0 aromatic heterocycles. The third-order valence-electron chi connectivity index (χ3n) is 2.69. The van der Waals surface area contributed by atoms with Gasteiger partial charge in [0.1, 0.15) is 5.54 Å². The van der Waals surface area contributed by atoms with Crippen molar-refractivity contribution in [3.63, 3.8) is 0 Å². The smallest absolute Gasteiger partial charge is 0.401 e. The van der Waals surface area contributed by atoms with Gasteiger partial charge in [0, 0.05) is 0 Å². The van der Waals surface area contributed by atoms with Gasteiger partial charge in [0.05, 0.1) is 13.2 Å². The molecule has 1 N–H and O–H groups in total. The summed E-state index contributed by atoms with van der Waals surface area (Å²) in [6.07, 6.45) is -1.48. The number of nitrogens with one attached hydrogen (secondary N) is 1. The second-order valence-corrected chi connectivity index (χ2v) is 4.48. The van der Waals surface area contributed by atoms with Gasteiger partial charge in [-0.25, -0.2) is 0 Å². The topological polar surface area (TPSA) is 38.3 Å². The highest BCUT2D eigenvalue weighted by Crippen LogP contribution is 2.20. The van der Waals surface area contributed by atoms with E-state index in [1.54, 1.807) is 6.92 Å². The van der Waals surface area contributed by atoms with Crippen LogP contribution in [0.15, 0.2) is 0 Å². The zero-order valence-corrected chi connectivity index (χ0v) is 11.2. The summed E-state index contributed by atoms with van der Waals surface area (Å²) < 4.78 is 41.5. The lowest BCUT2D eigenvalue weighted by molar-refractivity contribution is -0.155. The van der Waals surface area contributed by atoms with Gasteiger partial charge in [-0.1, -0.05) is 26.2 Å². The molecule has 18 heavy (non-hydrogen) atoms. The quantitative estimate of drug-likeness (QED) is 0.543. The molecule has 0 heterocycles. The Morgan fingerprint density at radius 3 is 2.28 bits per heavy atom. The molecule has 0 aliphatic carbocycles. The molecule has 0 aromatic rings. The van der Waals surface area contributed by atoms with Crippen LogP contribution in [0.5, 0.6) is 0 Å². The molecule has 0 aliphatic heterocycles. The van der Waals surface area contributed by atoms with Crippen molar-refractivity contribution in [1.82, 2.24) is 5.32 Å². The van der Waals surface area contributed by atoms with E-state index >= 15 is 0 Å². The van der Waals surface area contributed by atoms with Gasteiger partial charge < -0.3 is 4.74 Å². The number of halogens is 3. The molecule has 0 aliphatic rings. The Morgan fingerprint density at radius 1 is 1.22 bits per heavy atom. The fourth-order valence-electron chi connectivity index (χ4n) is 1.58. The van der Waals surface area contributed by atoms with Crippen molar-refractivity contribution >= 4 is 5.97 Å². The molecule has 108 valence electrons. The summed E-state index contributed by atoms with van der Waals surface area (Å²) in [7, 11) is 0. The Bertz CT molecular complexity index is 256. The standard InChI is InChI=1S/C12H22F3NO2/c1-4-6-7-8-11(3,10(17)18-5-2)16-9-12(13,14)15/h16H,4-9H2,1-3H3. The summed E-state index contributed by atoms with van der Waals surface area (Å²) >= 11 is 0. The molecule has 6 heteroatoms. The molecule has 3 nitrogen and oxygen atoms in total. The number of ether oxygens (including phenoxy) is 1. The lowest BCUT2D eigenvalue weighted by atomic mass is 9.94. The molecule has 0 aromatic carbocycles. The summed E-state index contributed by atoms with van der Waals surface area (Å²) in [6, 6.07) is 0. The molecule has 1 atom stereocenters. The van der Waals surface area contributed by atoms with E-state index in [0.717, 1.165) is 12.8 Å². The second-order valence-electron chi connectivity index (χ2n) is 4.48. The molecule has 0 saturated heterocycles. The largest absolute Gasteiger partial charge is 0.465 e. The number of hydrogen-bond acceptors (Lipinski definition) is 3. The van der Waals surface area contributed by atoms with Crippen LogP contribution in [0.4, 0.5) is 13.2 Å². The Kier molecular flexibility index (Phi) is 7.28. The van der Waals surface area contributed by atoms with Crippen molar-refractivity contribution in [1.29, 1.82) is 0 Å². The van der Waals surface area contributed by atoms with E-state index in [0.29, 0.717) is 12.8 Å². The summed E-state index contributed by atoms with van der Waals surface area (Å²) in [5.74, 6) is -0.620. The van der Waals surface area contributed by atoms with Gasteiger partial charge in [0.2, 0.25) is 0 Å². The van der Waals surface area contributed by atoms with Gasteiger partial charge in [-0.3, -0.25) is 10.1 Å². The SMILES string of the molecule is CCCCCC(C)(NCC(F)(F)F)C(=O)OCC. The van der Waals surface area contributed by atoms with Crippen LogP contribution in [0.25, 0.3) is 0 Å². The maximum atomic E-state index is 12.2. The predicted octanol–water partition coefficient (Wildman–Crippen LogP) is 3.04. The molecule has 1 unspecified atom stereocenters. The average molecular weight is 269 g/mol. The van der Waals surface area contributed by atoms with Gasteiger partial charge >= 0.3 is 12.1 Å². The van der Waals surface area contributed by atoms with E-state index in [9.17, 15) is 18.0 Å². The van der Waals surface area contributed by atoms with E-state index in [2.05, 4.69) is 5.32 Å². The van der Waals surface area contributed by atoms with Crippen LogP contribution >= 0.6 is 0 Å². The van der Waals surface area contributed by atoms with E-state index < -0.39 is 24.2 Å². The van der Waals surface area contributed by atoms with Crippen molar-refractivity contribution in [2.45, 2.75) is 58.2 Å².